The summed E-state index contributed by atoms with van der Waals surface area (Å²) in [6.07, 6.45) is 0. The lowest BCUT2D eigenvalue weighted by Crippen LogP contribution is -2.64. The van der Waals surface area contributed by atoms with Gasteiger partial charge >= 0.3 is 0 Å². The monoisotopic (exact) mass is 247 g/mol. The molecule has 5 nitrogen and oxygen atoms in total. The van der Waals surface area contributed by atoms with E-state index in [0.717, 1.165) is 11.3 Å². The van der Waals surface area contributed by atoms with Gasteiger partial charge in [0.1, 0.15) is 5.54 Å². The summed E-state index contributed by atoms with van der Waals surface area (Å²) in [5.74, 6) is -0.611. The highest BCUT2D eigenvalue weighted by Gasteiger charge is 2.41. The van der Waals surface area contributed by atoms with Crippen LogP contribution in [0, 0.1) is 6.92 Å². The van der Waals surface area contributed by atoms with Gasteiger partial charge in [-0.05, 0) is 32.4 Å². The van der Waals surface area contributed by atoms with Crippen molar-refractivity contribution in [3.8, 4) is 0 Å². The number of carbonyl (C=O) groups excluding carboxylic acids is 2. The van der Waals surface area contributed by atoms with Crippen molar-refractivity contribution >= 4 is 23.2 Å². The fourth-order valence-electron chi connectivity index (χ4n) is 2.07. The van der Waals surface area contributed by atoms with E-state index in [2.05, 4.69) is 5.32 Å². The average molecular weight is 247 g/mol. The third-order valence-corrected chi connectivity index (χ3v) is 3.38. The summed E-state index contributed by atoms with van der Waals surface area (Å²) in [6, 6.07) is 5.60. The van der Waals surface area contributed by atoms with Gasteiger partial charge in [-0.2, -0.15) is 0 Å². The lowest BCUT2D eigenvalue weighted by Gasteiger charge is -2.42. The second kappa shape index (κ2) is 4.01. The molecule has 0 radical (unpaired) electrons. The number of nitrogens with zero attached hydrogens (tertiary/aromatic N) is 1. The molecule has 2 rings (SSSR count). The number of aryl methyl sites for hydroxylation is 1. The van der Waals surface area contributed by atoms with Crippen molar-refractivity contribution in [2.45, 2.75) is 26.3 Å². The first-order valence-corrected chi connectivity index (χ1v) is 5.81. The van der Waals surface area contributed by atoms with Gasteiger partial charge in [0.25, 0.3) is 5.91 Å². The number of anilines is 2. The van der Waals surface area contributed by atoms with E-state index in [1.54, 1.807) is 18.7 Å². The quantitative estimate of drug-likeness (QED) is 0.569. The summed E-state index contributed by atoms with van der Waals surface area (Å²) in [5.41, 5.74) is 7.51. The molecule has 2 amide bonds. The first kappa shape index (κ1) is 12.4. The Balaban J connectivity index is 2.51. The molecule has 0 spiro atoms. The van der Waals surface area contributed by atoms with Crippen LogP contribution in [0.2, 0.25) is 0 Å². The number of carbonyl (C=O) groups is 2. The molecule has 0 saturated carbocycles. The predicted octanol–water partition coefficient (Wildman–Crippen LogP) is 0.819. The zero-order chi connectivity index (χ0) is 13.5. The van der Waals surface area contributed by atoms with E-state index in [1.807, 2.05) is 25.1 Å². The Hall–Kier alpha value is -2.04. The number of amides is 2. The number of rotatable bonds is 1. The fraction of sp³-hybridized carbons (Fsp3) is 0.385. The van der Waals surface area contributed by atoms with E-state index in [9.17, 15) is 9.59 Å². The van der Waals surface area contributed by atoms with E-state index < -0.39 is 5.54 Å². The van der Waals surface area contributed by atoms with Crippen molar-refractivity contribution in [1.82, 2.24) is 5.32 Å². The van der Waals surface area contributed by atoms with E-state index in [4.69, 9.17) is 5.73 Å². The molecule has 3 N–H and O–H groups in total. The Kier molecular flexibility index (Phi) is 2.77. The molecule has 18 heavy (non-hydrogen) atoms. The normalized spacial score (nSPS) is 18.7. The minimum atomic E-state index is -0.796. The van der Waals surface area contributed by atoms with Gasteiger partial charge in [-0.25, -0.2) is 0 Å². The van der Waals surface area contributed by atoms with Crippen molar-refractivity contribution in [3.63, 3.8) is 0 Å². The van der Waals surface area contributed by atoms with Gasteiger partial charge in [0, 0.05) is 0 Å². The van der Waals surface area contributed by atoms with Gasteiger partial charge in [0.15, 0.2) is 0 Å². The molecule has 1 aliphatic heterocycles. The van der Waals surface area contributed by atoms with Crippen LogP contribution in [0.5, 0.6) is 0 Å². The predicted molar refractivity (Wildman–Crippen MR) is 70.2 cm³/mol. The van der Waals surface area contributed by atoms with Crippen molar-refractivity contribution in [2.75, 3.05) is 17.2 Å². The highest BCUT2D eigenvalue weighted by atomic mass is 16.2. The third-order valence-electron chi connectivity index (χ3n) is 3.38. The Labute approximate surface area is 106 Å². The maximum absolute atomic E-state index is 11.9. The number of nitrogens with one attached hydrogen (secondary N) is 1. The smallest absolute Gasteiger partial charge is 0.251 e. The molecule has 0 unspecified atom stereocenters. The van der Waals surface area contributed by atoms with Gasteiger partial charge in [0.05, 0.1) is 17.9 Å². The van der Waals surface area contributed by atoms with Gasteiger partial charge in [0.2, 0.25) is 5.91 Å². The van der Waals surface area contributed by atoms with E-state index in [1.165, 1.54) is 0 Å². The molecule has 1 saturated heterocycles. The highest BCUT2D eigenvalue weighted by Crippen LogP contribution is 2.32. The molecular weight excluding hydrogens is 230 g/mol. The largest absolute Gasteiger partial charge is 0.397 e. The first-order chi connectivity index (χ1) is 8.34. The summed E-state index contributed by atoms with van der Waals surface area (Å²) in [6.45, 7) is 5.58. The Bertz CT molecular complexity index is 523. The Morgan fingerprint density at radius 3 is 2.67 bits per heavy atom. The van der Waals surface area contributed by atoms with Gasteiger partial charge < -0.3 is 10.6 Å². The molecule has 0 aromatic heterocycles. The SMILES string of the molecule is Cc1cccc(N2CC(=O)NC(=O)C2(C)C)c1N. The standard InChI is InChI=1S/C13H17N3O2/c1-8-5-4-6-9(11(8)14)16-7-10(17)15-12(18)13(16,2)3/h4-6H,7,14H2,1-3H3,(H,15,17,18). The topological polar surface area (TPSA) is 75.4 Å². The number of nitrogen functional groups attached to an aromatic ring is 1. The van der Waals surface area contributed by atoms with E-state index in [0.29, 0.717) is 5.69 Å². The number of imide groups is 1. The lowest BCUT2D eigenvalue weighted by molar-refractivity contribution is -0.135. The second-order valence-electron chi connectivity index (χ2n) is 5.03. The molecule has 96 valence electrons. The molecule has 1 heterocycles. The van der Waals surface area contributed by atoms with Gasteiger partial charge in [-0.1, -0.05) is 12.1 Å². The second-order valence-corrected chi connectivity index (χ2v) is 5.03. The van der Waals surface area contributed by atoms with Crippen LogP contribution in [0.25, 0.3) is 0 Å². The zero-order valence-electron chi connectivity index (χ0n) is 10.8. The van der Waals surface area contributed by atoms with Crippen molar-refractivity contribution < 1.29 is 9.59 Å². The molecule has 0 atom stereocenters. The highest BCUT2D eigenvalue weighted by molar-refractivity contribution is 6.07. The minimum Gasteiger partial charge on any atom is -0.397 e. The molecule has 0 bridgehead atoms. The maximum Gasteiger partial charge on any atom is 0.251 e. The van der Waals surface area contributed by atoms with E-state index >= 15 is 0 Å². The summed E-state index contributed by atoms with van der Waals surface area (Å²) < 4.78 is 0. The van der Waals surface area contributed by atoms with Crippen molar-refractivity contribution in [1.29, 1.82) is 0 Å². The molecule has 1 fully saturated rings. The average Bonchev–Trinajstić information content (AvgIpc) is 2.28. The molecule has 1 aromatic rings. The number of nitrogens with two attached hydrogens (primary N) is 1. The van der Waals surface area contributed by atoms with Gasteiger partial charge in [-0.15, -0.1) is 0 Å². The maximum atomic E-state index is 11.9. The van der Waals surface area contributed by atoms with E-state index in [-0.39, 0.29) is 18.4 Å². The Morgan fingerprint density at radius 1 is 1.33 bits per heavy atom. The van der Waals surface area contributed by atoms with Crippen LogP contribution in [0.15, 0.2) is 18.2 Å². The fourth-order valence-corrected chi connectivity index (χ4v) is 2.07. The third kappa shape index (κ3) is 1.81. The molecule has 1 aliphatic rings. The van der Waals surface area contributed by atoms with Crippen LogP contribution in [-0.2, 0) is 9.59 Å². The minimum absolute atomic E-state index is 0.131. The number of hydrogen-bond donors (Lipinski definition) is 2. The number of benzene rings is 1. The van der Waals surface area contributed by atoms with Crippen LogP contribution in [0.3, 0.4) is 0 Å². The summed E-state index contributed by atoms with van der Waals surface area (Å²) in [5, 5.41) is 2.34. The molecule has 1 aromatic carbocycles. The molecule has 5 heteroatoms. The number of piperazine rings is 1. The number of hydrogen-bond acceptors (Lipinski definition) is 4. The molecular formula is C13H17N3O2. The van der Waals surface area contributed by atoms with Crippen LogP contribution in [0.4, 0.5) is 11.4 Å². The summed E-state index contributed by atoms with van der Waals surface area (Å²) in [4.78, 5) is 25.2. The summed E-state index contributed by atoms with van der Waals surface area (Å²) >= 11 is 0. The van der Waals surface area contributed by atoms with Crippen LogP contribution in [0.1, 0.15) is 19.4 Å². The van der Waals surface area contributed by atoms with Crippen LogP contribution >= 0.6 is 0 Å². The first-order valence-electron chi connectivity index (χ1n) is 5.81. The number of para-hydroxylation sites is 1. The molecule has 0 aliphatic carbocycles. The Morgan fingerprint density at radius 2 is 2.00 bits per heavy atom. The zero-order valence-corrected chi connectivity index (χ0v) is 10.8. The van der Waals surface area contributed by atoms with Crippen molar-refractivity contribution in [3.05, 3.63) is 23.8 Å². The van der Waals surface area contributed by atoms with Crippen molar-refractivity contribution in [2.24, 2.45) is 0 Å². The van der Waals surface area contributed by atoms with Crippen LogP contribution in [-0.4, -0.2) is 23.9 Å². The van der Waals surface area contributed by atoms with Gasteiger partial charge in [-0.3, -0.25) is 14.9 Å². The summed E-state index contributed by atoms with van der Waals surface area (Å²) in [7, 11) is 0. The lowest BCUT2D eigenvalue weighted by atomic mass is 9.96. The van der Waals surface area contributed by atoms with Crippen LogP contribution < -0.4 is 16.0 Å².